The quantitative estimate of drug-likeness (QED) is 0.222. The van der Waals surface area contributed by atoms with Crippen molar-refractivity contribution in [3.05, 3.63) is 54.6 Å². The lowest BCUT2D eigenvalue weighted by atomic mass is 9.62. The van der Waals surface area contributed by atoms with E-state index in [2.05, 4.69) is 13.2 Å². The number of anilines is 1. The molecule has 212 valence electrons. The fraction of sp³-hybridized carbons (Fsp3) is 0.567. The summed E-state index contributed by atoms with van der Waals surface area (Å²) in [7, 11) is 0. The molecule has 9 heteroatoms. The van der Waals surface area contributed by atoms with Crippen LogP contribution in [0.2, 0.25) is 5.02 Å². The van der Waals surface area contributed by atoms with Crippen LogP contribution in [0.25, 0.3) is 0 Å². The van der Waals surface area contributed by atoms with Gasteiger partial charge in [-0.15, -0.1) is 13.2 Å². The number of allylic oxidation sites excluding steroid dienone is 1. The smallest absolute Gasteiger partial charge is 0.312 e. The Morgan fingerprint density at radius 1 is 1.26 bits per heavy atom. The maximum atomic E-state index is 14.5. The van der Waals surface area contributed by atoms with Crippen molar-refractivity contribution in [3.63, 3.8) is 0 Å². The van der Waals surface area contributed by atoms with E-state index in [1.54, 1.807) is 30.3 Å². The van der Waals surface area contributed by atoms with Crippen LogP contribution in [0.15, 0.2) is 49.6 Å². The normalized spacial score (nSPS) is 30.8. The summed E-state index contributed by atoms with van der Waals surface area (Å²) in [6.45, 7) is 11.8. The van der Waals surface area contributed by atoms with Gasteiger partial charge in [0.05, 0.1) is 28.8 Å². The SMILES string of the molecule is C=CCCCCOC(=O)[C@H]1[C@H]2C(=O)N(CCCO)C(C(=O)N(CC=C)c3ccccc3Cl)C23CC(C)[C@]1(C)O3. The van der Waals surface area contributed by atoms with Crippen molar-refractivity contribution in [2.24, 2.45) is 17.8 Å². The Labute approximate surface area is 235 Å². The van der Waals surface area contributed by atoms with Gasteiger partial charge in [-0.25, -0.2) is 0 Å². The third-order valence-corrected chi connectivity index (χ3v) is 8.95. The zero-order valence-electron chi connectivity index (χ0n) is 22.8. The fourth-order valence-corrected chi connectivity index (χ4v) is 7.00. The second-order valence-electron chi connectivity index (χ2n) is 11.0. The van der Waals surface area contributed by atoms with Crippen molar-refractivity contribution < 1.29 is 29.0 Å². The monoisotopic (exact) mass is 558 g/mol. The van der Waals surface area contributed by atoms with Gasteiger partial charge >= 0.3 is 5.97 Å². The molecule has 0 radical (unpaired) electrons. The second kappa shape index (κ2) is 11.8. The summed E-state index contributed by atoms with van der Waals surface area (Å²) in [5.74, 6) is -2.93. The van der Waals surface area contributed by atoms with E-state index in [0.717, 1.165) is 12.8 Å². The van der Waals surface area contributed by atoms with Gasteiger partial charge in [0, 0.05) is 19.7 Å². The molecular weight excluding hydrogens is 520 g/mol. The van der Waals surface area contributed by atoms with Crippen LogP contribution in [0.4, 0.5) is 5.69 Å². The van der Waals surface area contributed by atoms with Crippen molar-refractivity contribution >= 4 is 35.1 Å². The van der Waals surface area contributed by atoms with Crippen molar-refractivity contribution in [1.82, 2.24) is 4.90 Å². The number of benzene rings is 1. The third kappa shape index (κ3) is 4.92. The number of likely N-dealkylation sites (tertiary alicyclic amines) is 1. The van der Waals surface area contributed by atoms with E-state index in [-0.39, 0.29) is 50.5 Å². The minimum absolute atomic E-state index is 0.0962. The highest BCUT2D eigenvalue weighted by Gasteiger charge is 2.80. The van der Waals surface area contributed by atoms with Crippen LogP contribution in [0, 0.1) is 17.8 Å². The van der Waals surface area contributed by atoms with E-state index in [9.17, 15) is 19.5 Å². The van der Waals surface area contributed by atoms with Gasteiger partial charge in [0.1, 0.15) is 17.6 Å². The van der Waals surface area contributed by atoms with Gasteiger partial charge in [-0.3, -0.25) is 14.4 Å². The molecule has 1 aromatic rings. The largest absolute Gasteiger partial charge is 0.465 e. The molecule has 0 aliphatic carbocycles. The Morgan fingerprint density at radius 2 is 2.00 bits per heavy atom. The van der Waals surface area contributed by atoms with Crippen molar-refractivity contribution in [1.29, 1.82) is 0 Å². The minimum Gasteiger partial charge on any atom is -0.465 e. The number of carbonyl (C=O) groups excluding carboxylic acids is 3. The summed E-state index contributed by atoms with van der Waals surface area (Å²) in [5, 5.41) is 9.98. The number of aliphatic hydroxyl groups excluding tert-OH is 1. The molecule has 3 aliphatic heterocycles. The van der Waals surface area contributed by atoms with Crippen LogP contribution in [0.5, 0.6) is 0 Å². The highest BCUT2D eigenvalue weighted by Crippen LogP contribution is 2.65. The van der Waals surface area contributed by atoms with Crippen LogP contribution >= 0.6 is 11.6 Å². The Kier molecular flexibility index (Phi) is 8.88. The molecule has 1 N–H and O–H groups in total. The molecule has 3 aliphatic rings. The number of hydrogen-bond acceptors (Lipinski definition) is 6. The van der Waals surface area contributed by atoms with Gasteiger partial charge in [-0.1, -0.05) is 42.8 Å². The lowest BCUT2D eigenvalue weighted by Crippen LogP contribution is -2.57. The number of halogens is 1. The van der Waals surface area contributed by atoms with Crippen molar-refractivity contribution in [3.8, 4) is 0 Å². The zero-order valence-corrected chi connectivity index (χ0v) is 23.6. The van der Waals surface area contributed by atoms with E-state index < -0.39 is 35.0 Å². The standard InChI is InChI=1S/C30H39ClN2O6/c1-5-7-8-11-18-38-28(37)24-23-26(35)33(16-12-17-34)25(30(23)19-20(3)29(24,4)39-30)27(36)32(15-6-2)22-14-10-9-13-21(22)31/h5-6,9-10,13-14,20,23-25,34H,1-2,7-8,11-12,15-19H2,3-4H3/t20?,23-,24+,25?,29-,30?/m0/s1. The number of amides is 2. The lowest BCUT2D eigenvalue weighted by molar-refractivity contribution is -0.161. The highest BCUT2D eigenvalue weighted by molar-refractivity contribution is 6.34. The Hall–Kier alpha value is -2.68. The Bertz CT molecular complexity index is 1130. The number of hydrogen-bond donors (Lipinski definition) is 1. The van der Waals surface area contributed by atoms with Gasteiger partial charge in [-0.2, -0.15) is 0 Å². The first-order valence-electron chi connectivity index (χ1n) is 13.7. The van der Waals surface area contributed by atoms with E-state index in [0.29, 0.717) is 23.6 Å². The van der Waals surface area contributed by atoms with E-state index in [4.69, 9.17) is 21.1 Å². The minimum atomic E-state index is -1.20. The number of rotatable bonds is 13. The van der Waals surface area contributed by atoms with Gasteiger partial charge in [0.15, 0.2) is 0 Å². The summed E-state index contributed by atoms with van der Waals surface area (Å²) in [6.07, 6.45) is 6.54. The Balaban J connectivity index is 1.73. The van der Waals surface area contributed by atoms with Crippen LogP contribution in [0.3, 0.4) is 0 Å². The predicted molar refractivity (Wildman–Crippen MR) is 149 cm³/mol. The third-order valence-electron chi connectivity index (χ3n) is 8.63. The fourth-order valence-electron chi connectivity index (χ4n) is 6.77. The summed E-state index contributed by atoms with van der Waals surface area (Å²) < 4.78 is 12.4. The van der Waals surface area contributed by atoms with Crippen LogP contribution < -0.4 is 4.90 Å². The average Bonchev–Trinajstić information content (AvgIpc) is 3.42. The molecule has 39 heavy (non-hydrogen) atoms. The first-order valence-corrected chi connectivity index (χ1v) is 14.1. The number of unbranched alkanes of at least 4 members (excludes halogenated alkanes) is 2. The summed E-state index contributed by atoms with van der Waals surface area (Å²) in [5.41, 5.74) is -1.65. The highest BCUT2D eigenvalue weighted by atomic mass is 35.5. The van der Waals surface area contributed by atoms with Gasteiger partial charge in [-0.05, 0) is 57.1 Å². The van der Waals surface area contributed by atoms with Gasteiger partial charge < -0.3 is 24.4 Å². The van der Waals surface area contributed by atoms with Crippen molar-refractivity contribution in [2.45, 2.75) is 63.2 Å². The number of esters is 1. The molecule has 0 aromatic heterocycles. The average molecular weight is 559 g/mol. The van der Waals surface area contributed by atoms with Crippen molar-refractivity contribution in [2.75, 3.05) is 31.2 Å². The number of para-hydroxylation sites is 1. The van der Waals surface area contributed by atoms with Gasteiger partial charge in [0.25, 0.3) is 5.91 Å². The number of carbonyl (C=O) groups is 3. The molecule has 1 aromatic carbocycles. The maximum Gasteiger partial charge on any atom is 0.312 e. The number of aliphatic hydroxyl groups is 1. The molecular formula is C30H39ClN2O6. The first-order chi connectivity index (χ1) is 18.7. The molecule has 0 saturated carbocycles. The van der Waals surface area contributed by atoms with E-state index in [1.807, 2.05) is 19.9 Å². The summed E-state index contributed by atoms with van der Waals surface area (Å²) >= 11 is 6.49. The predicted octanol–water partition coefficient (Wildman–Crippen LogP) is 4.15. The molecule has 3 heterocycles. The number of fused-ring (bicyclic) bond motifs is 1. The van der Waals surface area contributed by atoms with E-state index >= 15 is 0 Å². The van der Waals surface area contributed by atoms with Crippen LogP contribution in [0.1, 0.15) is 46.0 Å². The topological polar surface area (TPSA) is 96.4 Å². The molecule has 3 unspecified atom stereocenters. The summed E-state index contributed by atoms with van der Waals surface area (Å²) in [6, 6.07) is 6.02. The summed E-state index contributed by atoms with van der Waals surface area (Å²) in [4.78, 5) is 45.1. The molecule has 8 nitrogen and oxygen atoms in total. The van der Waals surface area contributed by atoms with Crippen LogP contribution in [-0.4, -0.2) is 71.3 Å². The second-order valence-corrected chi connectivity index (χ2v) is 11.4. The molecule has 3 fully saturated rings. The Morgan fingerprint density at radius 3 is 2.67 bits per heavy atom. The van der Waals surface area contributed by atoms with Crippen LogP contribution in [-0.2, 0) is 23.9 Å². The van der Waals surface area contributed by atoms with Gasteiger partial charge in [0.2, 0.25) is 5.91 Å². The van der Waals surface area contributed by atoms with E-state index in [1.165, 1.54) is 9.80 Å². The zero-order chi connectivity index (χ0) is 28.4. The lowest BCUT2D eigenvalue weighted by Gasteiger charge is -2.37. The molecule has 4 rings (SSSR count). The molecule has 2 amide bonds. The maximum absolute atomic E-state index is 14.5. The molecule has 2 bridgehead atoms. The molecule has 1 spiro atoms. The first kappa shape index (κ1) is 29.3. The molecule has 3 saturated heterocycles. The number of nitrogens with zero attached hydrogens (tertiary/aromatic N) is 2. The molecule has 6 atom stereocenters. The number of ether oxygens (including phenoxy) is 2.